The molecule has 0 saturated carbocycles. The fraction of sp³-hybridized carbons (Fsp3) is 0.571. The van der Waals surface area contributed by atoms with Crippen LogP contribution in [-0.4, -0.2) is 41.5 Å². The molecule has 0 spiro atoms. The third kappa shape index (κ3) is 3.91. The molecule has 110 valence electrons. The highest BCUT2D eigenvalue weighted by atomic mass is 35.5. The second-order valence-electron chi connectivity index (χ2n) is 4.47. The lowest BCUT2D eigenvalue weighted by Crippen LogP contribution is -2.06. The minimum absolute atomic E-state index is 0.403. The van der Waals surface area contributed by atoms with Crippen LogP contribution in [0.25, 0.3) is 11.2 Å². The van der Waals surface area contributed by atoms with E-state index in [4.69, 9.17) is 21.1 Å². The van der Waals surface area contributed by atoms with Crippen LogP contribution in [0.4, 0.5) is 0 Å². The first-order valence-electron chi connectivity index (χ1n) is 6.79. The molecule has 0 unspecified atom stereocenters. The van der Waals surface area contributed by atoms with Crippen molar-refractivity contribution in [3.63, 3.8) is 0 Å². The maximum atomic E-state index is 5.95. The summed E-state index contributed by atoms with van der Waals surface area (Å²) in [6, 6.07) is 3.85. The molecule has 6 heteroatoms. The molecule has 0 aromatic carbocycles. The number of pyridine rings is 1. The summed E-state index contributed by atoms with van der Waals surface area (Å²) in [5, 5.41) is 0. The van der Waals surface area contributed by atoms with Crippen LogP contribution in [0.2, 0.25) is 0 Å². The van der Waals surface area contributed by atoms with E-state index in [0.29, 0.717) is 19.1 Å². The lowest BCUT2D eigenvalue weighted by atomic mass is 10.3. The van der Waals surface area contributed by atoms with Crippen molar-refractivity contribution < 1.29 is 9.47 Å². The largest absolute Gasteiger partial charge is 0.382 e. The zero-order valence-corrected chi connectivity index (χ0v) is 12.5. The molecule has 0 aliphatic carbocycles. The van der Waals surface area contributed by atoms with Gasteiger partial charge in [-0.05, 0) is 25.0 Å². The molecular formula is C14H20ClN3O2. The van der Waals surface area contributed by atoms with Crippen LogP contribution in [0.15, 0.2) is 18.3 Å². The van der Waals surface area contributed by atoms with Gasteiger partial charge in [0.1, 0.15) is 11.3 Å². The van der Waals surface area contributed by atoms with E-state index >= 15 is 0 Å². The Hall–Kier alpha value is -1.17. The van der Waals surface area contributed by atoms with Crippen molar-refractivity contribution in [3.8, 4) is 0 Å². The summed E-state index contributed by atoms with van der Waals surface area (Å²) in [6.45, 7) is 2.91. The summed E-state index contributed by atoms with van der Waals surface area (Å²) in [4.78, 5) is 8.87. The Morgan fingerprint density at radius 3 is 2.95 bits per heavy atom. The van der Waals surface area contributed by atoms with E-state index in [2.05, 4.69) is 14.5 Å². The number of unbranched alkanes of at least 4 members (excludes halogenated alkanes) is 1. The van der Waals surface area contributed by atoms with Gasteiger partial charge in [0, 0.05) is 26.5 Å². The van der Waals surface area contributed by atoms with Crippen LogP contribution in [0.3, 0.4) is 0 Å². The Bertz CT molecular complexity index is 530. The molecule has 2 aromatic rings. The number of aromatic nitrogens is 3. The predicted molar refractivity (Wildman–Crippen MR) is 79.0 cm³/mol. The third-order valence-corrected chi connectivity index (χ3v) is 3.29. The van der Waals surface area contributed by atoms with E-state index in [1.54, 1.807) is 13.3 Å². The maximum absolute atomic E-state index is 5.95. The number of rotatable bonds is 9. The van der Waals surface area contributed by atoms with E-state index in [1.807, 2.05) is 12.1 Å². The van der Waals surface area contributed by atoms with Gasteiger partial charge in [-0.15, -0.1) is 11.6 Å². The highest BCUT2D eigenvalue weighted by Gasteiger charge is 2.09. The van der Waals surface area contributed by atoms with Gasteiger partial charge >= 0.3 is 0 Å². The molecule has 0 saturated heterocycles. The number of fused-ring (bicyclic) bond motifs is 1. The van der Waals surface area contributed by atoms with Crippen molar-refractivity contribution >= 4 is 22.8 Å². The number of ether oxygens (including phenoxy) is 2. The van der Waals surface area contributed by atoms with Gasteiger partial charge in [0.15, 0.2) is 5.65 Å². The molecule has 2 heterocycles. The number of alkyl halides is 1. The summed E-state index contributed by atoms with van der Waals surface area (Å²) in [7, 11) is 1.67. The monoisotopic (exact) mass is 297 g/mol. The maximum Gasteiger partial charge on any atom is 0.160 e. The van der Waals surface area contributed by atoms with Gasteiger partial charge in [-0.2, -0.15) is 0 Å². The normalized spacial score (nSPS) is 11.3. The molecule has 5 nitrogen and oxygen atoms in total. The van der Waals surface area contributed by atoms with Crippen LogP contribution in [0, 0.1) is 0 Å². The lowest BCUT2D eigenvalue weighted by molar-refractivity contribution is 0.0684. The van der Waals surface area contributed by atoms with Gasteiger partial charge in [-0.3, -0.25) is 0 Å². The quantitative estimate of drug-likeness (QED) is 0.527. The molecule has 0 fully saturated rings. The number of hydrogen-bond donors (Lipinski definition) is 0. The standard InChI is InChI=1S/C14H20ClN3O2/c1-19-9-10-20-8-3-2-7-18-13(11-15)17-12-5-4-6-16-14(12)18/h4-6H,2-3,7-11H2,1H3. The van der Waals surface area contributed by atoms with E-state index < -0.39 is 0 Å². The Morgan fingerprint density at radius 2 is 2.15 bits per heavy atom. The van der Waals surface area contributed by atoms with Gasteiger partial charge in [-0.1, -0.05) is 0 Å². The molecule has 20 heavy (non-hydrogen) atoms. The third-order valence-electron chi connectivity index (χ3n) is 3.05. The van der Waals surface area contributed by atoms with Gasteiger partial charge in [-0.25, -0.2) is 9.97 Å². The van der Waals surface area contributed by atoms with E-state index in [1.165, 1.54) is 0 Å². The van der Waals surface area contributed by atoms with Crippen molar-refractivity contribution in [1.82, 2.24) is 14.5 Å². The Morgan fingerprint density at radius 1 is 1.25 bits per heavy atom. The SMILES string of the molecule is COCCOCCCCn1c(CCl)nc2cccnc21. The van der Waals surface area contributed by atoms with Crippen LogP contribution in [-0.2, 0) is 21.9 Å². The molecule has 0 bridgehead atoms. The number of halogens is 1. The minimum Gasteiger partial charge on any atom is -0.382 e. The Kier molecular flexibility index (Phi) is 6.24. The fourth-order valence-corrected chi connectivity index (χ4v) is 2.26. The summed E-state index contributed by atoms with van der Waals surface area (Å²) in [5.74, 6) is 1.28. The Balaban J connectivity index is 1.86. The van der Waals surface area contributed by atoms with Crippen molar-refractivity contribution in [1.29, 1.82) is 0 Å². The number of hydrogen-bond acceptors (Lipinski definition) is 4. The van der Waals surface area contributed by atoms with Crippen LogP contribution in [0.1, 0.15) is 18.7 Å². The zero-order valence-electron chi connectivity index (χ0n) is 11.7. The summed E-state index contributed by atoms with van der Waals surface area (Å²) < 4.78 is 12.5. The van der Waals surface area contributed by atoms with Crippen molar-refractivity contribution in [2.45, 2.75) is 25.3 Å². The van der Waals surface area contributed by atoms with E-state index in [9.17, 15) is 0 Å². The van der Waals surface area contributed by atoms with Gasteiger partial charge in [0.2, 0.25) is 0 Å². The average molecular weight is 298 g/mol. The van der Waals surface area contributed by atoms with Crippen LogP contribution >= 0.6 is 11.6 Å². The van der Waals surface area contributed by atoms with Gasteiger partial charge in [0.05, 0.1) is 19.1 Å². The summed E-state index contributed by atoms with van der Waals surface area (Å²) >= 11 is 5.95. The number of nitrogens with zero attached hydrogens (tertiary/aromatic N) is 3. The number of aryl methyl sites for hydroxylation is 1. The summed E-state index contributed by atoms with van der Waals surface area (Å²) in [5.41, 5.74) is 1.81. The first-order chi connectivity index (χ1) is 9.86. The molecule has 0 amide bonds. The first kappa shape index (κ1) is 15.2. The zero-order chi connectivity index (χ0) is 14.2. The van der Waals surface area contributed by atoms with E-state index in [0.717, 1.165) is 43.0 Å². The number of methoxy groups -OCH3 is 1. The average Bonchev–Trinajstić information content (AvgIpc) is 2.84. The van der Waals surface area contributed by atoms with Gasteiger partial charge in [0.25, 0.3) is 0 Å². The fourth-order valence-electron chi connectivity index (χ4n) is 2.06. The van der Waals surface area contributed by atoms with Crippen molar-refractivity contribution in [2.24, 2.45) is 0 Å². The predicted octanol–water partition coefficient (Wildman–Crippen LogP) is 2.61. The Labute approximate surface area is 123 Å². The molecule has 0 N–H and O–H groups in total. The topological polar surface area (TPSA) is 49.2 Å². The van der Waals surface area contributed by atoms with Crippen molar-refractivity contribution in [2.75, 3.05) is 26.9 Å². The smallest absolute Gasteiger partial charge is 0.160 e. The number of imidazole rings is 1. The second kappa shape index (κ2) is 8.19. The van der Waals surface area contributed by atoms with Crippen molar-refractivity contribution in [3.05, 3.63) is 24.2 Å². The molecule has 0 aliphatic rings. The molecule has 0 aliphatic heterocycles. The van der Waals surface area contributed by atoms with Crippen LogP contribution in [0.5, 0.6) is 0 Å². The van der Waals surface area contributed by atoms with E-state index in [-0.39, 0.29) is 0 Å². The van der Waals surface area contributed by atoms with Gasteiger partial charge < -0.3 is 14.0 Å². The second-order valence-corrected chi connectivity index (χ2v) is 4.74. The summed E-state index contributed by atoms with van der Waals surface area (Å²) in [6.07, 6.45) is 3.79. The minimum atomic E-state index is 0.403. The first-order valence-corrected chi connectivity index (χ1v) is 7.33. The lowest BCUT2D eigenvalue weighted by Gasteiger charge is -2.07. The molecular weight excluding hydrogens is 278 g/mol. The highest BCUT2D eigenvalue weighted by molar-refractivity contribution is 6.16. The molecule has 0 atom stereocenters. The highest BCUT2D eigenvalue weighted by Crippen LogP contribution is 2.16. The van der Waals surface area contributed by atoms with Crippen LogP contribution < -0.4 is 0 Å². The molecule has 0 radical (unpaired) electrons. The molecule has 2 aromatic heterocycles. The molecule has 2 rings (SSSR count).